The van der Waals surface area contributed by atoms with Crippen LogP contribution in [0, 0.1) is 22.7 Å². The molecule has 4 saturated carbocycles. The van der Waals surface area contributed by atoms with Crippen LogP contribution in [0.4, 0.5) is 0 Å². The normalized spacial score (nSPS) is 18.8. The van der Waals surface area contributed by atoms with Gasteiger partial charge < -0.3 is 37.9 Å². The summed E-state index contributed by atoms with van der Waals surface area (Å²) in [5, 5.41) is 0. The lowest BCUT2D eigenvalue weighted by atomic mass is 9.83. The molecule has 0 radical (unpaired) electrons. The molecule has 0 amide bonds. The van der Waals surface area contributed by atoms with Gasteiger partial charge in [0, 0.05) is 0 Å². The van der Waals surface area contributed by atoms with Crippen LogP contribution in [0.2, 0.25) is 0 Å². The Morgan fingerprint density at radius 3 is 0.875 bits per heavy atom. The highest BCUT2D eigenvalue weighted by atomic mass is 16.6. The number of hydrogen-bond donors (Lipinski definition) is 0. The summed E-state index contributed by atoms with van der Waals surface area (Å²) in [4.78, 5) is 93.9. The number of carbonyl (C=O) groups is 8. The van der Waals surface area contributed by atoms with Gasteiger partial charge in [0.2, 0.25) is 0 Å². The van der Waals surface area contributed by atoms with E-state index in [1.807, 2.05) is 83.1 Å². The van der Waals surface area contributed by atoms with Crippen LogP contribution in [0.3, 0.4) is 0 Å². The second-order valence-electron chi connectivity index (χ2n) is 24.8. The number of esters is 8. The SMILES string of the molecule is CCC(C)(C)C(=O)OCCC(=O)OC1(C)CCCCC1.CCC(C)C(=O)OCCC(=O)OC1(C)CCCCC1.CCC(C)C(=O)OCCC(=O)OC1(CC)CCCCC1.CCC1(OC(=O)CCOC(=O)C(C)(C)CC)CCCCC1. The first-order valence-corrected chi connectivity index (χ1v) is 31.2. The zero-order valence-electron chi connectivity index (χ0n) is 52.7. The van der Waals surface area contributed by atoms with Gasteiger partial charge in [-0.25, -0.2) is 0 Å². The predicted octanol–water partition coefficient (Wildman–Crippen LogP) is 14.5. The Hall–Kier alpha value is -4.24. The Balaban J connectivity index is 0.000000534. The van der Waals surface area contributed by atoms with Crippen LogP contribution in [0.5, 0.6) is 0 Å². The summed E-state index contributed by atoms with van der Waals surface area (Å²) in [5.74, 6) is -2.21. The third-order valence-corrected chi connectivity index (χ3v) is 17.1. The summed E-state index contributed by atoms with van der Waals surface area (Å²) in [6.45, 7) is 27.4. The van der Waals surface area contributed by atoms with Gasteiger partial charge in [-0.2, -0.15) is 0 Å². The van der Waals surface area contributed by atoms with Gasteiger partial charge in [0.1, 0.15) is 48.8 Å². The topological polar surface area (TPSA) is 210 Å². The van der Waals surface area contributed by atoms with E-state index in [1.165, 1.54) is 25.7 Å². The molecule has 0 aromatic heterocycles. The summed E-state index contributed by atoms with van der Waals surface area (Å²) in [7, 11) is 0. The standard InChI is InChI=1S/C17H30O4.2C16H28O4.C15H26O4/c1-5-16(3,4)15(19)20-13-10-14(18)21-17(6-2)11-8-7-9-12-17;1-5-15(2,3)14(18)19-12-9-13(17)20-16(4)10-7-6-8-11-16;1-4-13(3)15(18)19-12-9-14(17)20-16(5-2)10-7-6-8-11-16;1-4-12(2)14(17)18-11-8-13(16)19-15(3)9-6-5-7-10-15/h5-13H2,1-4H3;5-12H2,1-4H3;13H,4-12H2,1-3H3;12H,4-11H2,1-3H3. The van der Waals surface area contributed by atoms with Crippen LogP contribution in [-0.2, 0) is 76.3 Å². The number of hydrogen-bond acceptors (Lipinski definition) is 16. The van der Waals surface area contributed by atoms with E-state index in [4.69, 9.17) is 37.9 Å². The molecule has 16 nitrogen and oxygen atoms in total. The van der Waals surface area contributed by atoms with Crippen molar-refractivity contribution in [3.05, 3.63) is 0 Å². The first-order valence-electron chi connectivity index (χ1n) is 31.2. The molecule has 0 bridgehead atoms. The van der Waals surface area contributed by atoms with Crippen LogP contribution in [0.25, 0.3) is 0 Å². The van der Waals surface area contributed by atoms with Gasteiger partial charge in [0.15, 0.2) is 0 Å². The number of carbonyl (C=O) groups excluding carboxylic acids is 8. The van der Waals surface area contributed by atoms with Crippen LogP contribution in [-0.4, -0.2) is 96.6 Å². The molecule has 4 aliphatic carbocycles. The highest BCUT2D eigenvalue weighted by molar-refractivity contribution is 5.77. The largest absolute Gasteiger partial charge is 0.465 e. The Morgan fingerprint density at radius 2 is 0.625 bits per heavy atom. The molecule has 0 N–H and O–H groups in total. The molecule has 2 unspecified atom stereocenters. The number of rotatable bonds is 26. The highest BCUT2D eigenvalue weighted by Gasteiger charge is 2.37. The van der Waals surface area contributed by atoms with Crippen molar-refractivity contribution in [3.8, 4) is 0 Å². The Kier molecular flexibility index (Phi) is 34.8. The minimum Gasteiger partial charge on any atom is -0.465 e. The van der Waals surface area contributed by atoms with Crippen LogP contribution >= 0.6 is 0 Å². The summed E-state index contributed by atoms with van der Waals surface area (Å²) in [6.07, 6.45) is 26.7. The number of ether oxygens (including phenoxy) is 8. The molecule has 464 valence electrons. The maximum atomic E-state index is 12.0. The predicted molar refractivity (Wildman–Crippen MR) is 309 cm³/mol. The van der Waals surface area contributed by atoms with E-state index in [2.05, 4.69) is 13.8 Å². The molecule has 2 atom stereocenters. The molecule has 80 heavy (non-hydrogen) atoms. The molecule has 0 heterocycles. The Morgan fingerprint density at radius 1 is 0.375 bits per heavy atom. The average Bonchev–Trinajstić information content (AvgIpc) is 3.43. The van der Waals surface area contributed by atoms with E-state index in [-0.39, 0.29) is 134 Å². The zero-order valence-corrected chi connectivity index (χ0v) is 52.7. The smallest absolute Gasteiger partial charge is 0.311 e. The Bertz CT molecular complexity index is 1850. The summed E-state index contributed by atoms with van der Waals surface area (Å²) >= 11 is 0. The molecule has 0 aromatic rings. The minimum atomic E-state index is -0.488. The summed E-state index contributed by atoms with van der Waals surface area (Å²) < 4.78 is 42.9. The molecule has 0 saturated heterocycles. The van der Waals surface area contributed by atoms with Crippen LogP contribution in [0.1, 0.15) is 290 Å². The molecule has 4 aliphatic rings. The van der Waals surface area contributed by atoms with E-state index in [1.54, 1.807) is 0 Å². The van der Waals surface area contributed by atoms with Crippen molar-refractivity contribution in [1.82, 2.24) is 0 Å². The van der Waals surface area contributed by atoms with Crippen LogP contribution < -0.4 is 0 Å². The lowest BCUT2D eigenvalue weighted by Crippen LogP contribution is -2.37. The molecule has 4 rings (SSSR count). The molecular weight excluding hydrogens is 1020 g/mol. The third-order valence-electron chi connectivity index (χ3n) is 17.1. The van der Waals surface area contributed by atoms with Crippen molar-refractivity contribution < 1.29 is 76.3 Å². The second kappa shape index (κ2) is 37.8. The fourth-order valence-corrected chi connectivity index (χ4v) is 9.71. The van der Waals surface area contributed by atoms with Crippen molar-refractivity contribution in [2.24, 2.45) is 22.7 Å². The first-order chi connectivity index (χ1) is 37.6. The van der Waals surface area contributed by atoms with E-state index >= 15 is 0 Å². The lowest BCUT2D eigenvalue weighted by molar-refractivity contribution is -0.168. The molecular formula is C64H112O16. The molecule has 4 fully saturated rings. The Labute approximate surface area is 483 Å². The van der Waals surface area contributed by atoms with E-state index in [0.29, 0.717) is 6.42 Å². The fraction of sp³-hybridized carbons (Fsp3) is 0.875. The molecule has 0 aliphatic heterocycles. The van der Waals surface area contributed by atoms with Gasteiger partial charge in [-0.05, 0) is 183 Å². The zero-order chi connectivity index (χ0) is 60.5. The van der Waals surface area contributed by atoms with Crippen molar-refractivity contribution in [1.29, 1.82) is 0 Å². The van der Waals surface area contributed by atoms with E-state index in [9.17, 15) is 38.4 Å². The van der Waals surface area contributed by atoms with Crippen LogP contribution in [0.15, 0.2) is 0 Å². The second-order valence-corrected chi connectivity index (χ2v) is 24.8. The maximum Gasteiger partial charge on any atom is 0.311 e. The van der Waals surface area contributed by atoms with Crippen molar-refractivity contribution in [2.45, 2.75) is 312 Å². The quantitative estimate of drug-likeness (QED) is 0.0582. The average molecular weight is 1140 g/mol. The van der Waals surface area contributed by atoms with Crippen molar-refractivity contribution >= 4 is 47.8 Å². The highest BCUT2D eigenvalue weighted by Crippen LogP contribution is 2.37. The van der Waals surface area contributed by atoms with Gasteiger partial charge in [-0.1, -0.05) is 81.1 Å². The van der Waals surface area contributed by atoms with Gasteiger partial charge in [0.05, 0.1) is 48.3 Å². The monoisotopic (exact) mass is 1140 g/mol. The minimum absolute atomic E-state index is 0.105. The summed E-state index contributed by atoms with van der Waals surface area (Å²) in [5.41, 5.74) is -2.15. The van der Waals surface area contributed by atoms with Gasteiger partial charge in [-0.15, -0.1) is 0 Å². The van der Waals surface area contributed by atoms with Gasteiger partial charge >= 0.3 is 47.8 Å². The van der Waals surface area contributed by atoms with Gasteiger partial charge in [-0.3, -0.25) is 38.4 Å². The third kappa shape index (κ3) is 29.1. The summed E-state index contributed by atoms with van der Waals surface area (Å²) in [6, 6.07) is 0. The maximum absolute atomic E-state index is 12.0. The fourth-order valence-electron chi connectivity index (χ4n) is 9.71. The molecule has 16 heteroatoms. The van der Waals surface area contributed by atoms with Crippen molar-refractivity contribution in [2.75, 3.05) is 26.4 Å². The van der Waals surface area contributed by atoms with Gasteiger partial charge in [0.25, 0.3) is 0 Å². The lowest BCUT2D eigenvalue weighted by Gasteiger charge is -2.36. The first kappa shape index (κ1) is 73.8. The van der Waals surface area contributed by atoms with E-state index < -0.39 is 10.8 Å². The van der Waals surface area contributed by atoms with E-state index in [0.717, 1.165) is 135 Å². The van der Waals surface area contributed by atoms with Crippen molar-refractivity contribution in [3.63, 3.8) is 0 Å². The molecule has 0 aromatic carbocycles. The molecule has 0 spiro atoms.